The summed E-state index contributed by atoms with van der Waals surface area (Å²) in [6.45, 7) is 0. The smallest absolute Gasteiger partial charge is 0.174 e. The van der Waals surface area contributed by atoms with Crippen molar-refractivity contribution in [2.45, 2.75) is 12.1 Å². The highest BCUT2D eigenvalue weighted by atomic mass is 35.5. The third-order valence-electron chi connectivity index (χ3n) is 3.36. The summed E-state index contributed by atoms with van der Waals surface area (Å²) in [7, 11) is -3.05. The molecular formula is C11H10Cl2N2O2S2. The van der Waals surface area contributed by atoms with Gasteiger partial charge in [0.2, 0.25) is 0 Å². The normalized spacial score (nSPS) is 28.3. The molecule has 0 amide bonds. The zero-order valence-corrected chi connectivity index (χ0v) is 12.8. The zero-order chi connectivity index (χ0) is 13.8. The standard InChI is InChI=1S/C11H10Cl2N2O2S2/c12-6-2-1-3-7(13)10(6)15-9-5-19(16,17)4-8(9)14-11(15)18/h1-3,8-9H,4-5H2,(H,14,18)/t8-,9+/m0/s1. The second-order valence-electron chi connectivity index (χ2n) is 4.64. The van der Waals surface area contributed by atoms with Crippen LogP contribution < -0.4 is 10.2 Å². The van der Waals surface area contributed by atoms with E-state index in [0.717, 1.165) is 0 Å². The van der Waals surface area contributed by atoms with Gasteiger partial charge in [-0.05, 0) is 24.4 Å². The largest absolute Gasteiger partial charge is 0.356 e. The fourth-order valence-electron chi connectivity index (χ4n) is 2.59. The van der Waals surface area contributed by atoms with E-state index in [1.807, 2.05) is 0 Å². The first kappa shape index (κ1) is 13.4. The van der Waals surface area contributed by atoms with Crippen LogP contribution in [0.25, 0.3) is 0 Å². The van der Waals surface area contributed by atoms with Crippen molar-refractivity contribution in [3.63, 3.8) is 0 Å². The summed E-state index contributed by atoms with van der Waals surface area (Å²) in [5.74, 6) is 0.155. The monoisotopic (exact) mass is 336 g/mol. The molecule has 1 aromatic rings. The molecule has 1 aromatic carbocycles. The lowest BCUT2D eigenvalue weighted by Gasteiger charge is -2.25. The number of thiocarbonyl (C=S) groups is 1. The second kappa shape index (κ2) is 4.48. The van der Waals surface area contributed by atoms with Gasteiger partial charge in [-0.3, -0.25) is 0 Å². The molecule has 0 spiro atoms. The SMILES string of the molecule is O=S1(=O)C[C@@H]2NC(=S)N(c3c(Cl)cccc3Cl)[C@@H]2C1. The highest BCUT2D eigenvalue weighted by molar-refractivity contribution is 7.91. The maximum atomic E-state index is 11.7. The summed E-state index contributed by atoms with van der Waals surface area (Å²) in [6, 6.07) is 4.73. The van der Waals surface area contributed by atoms with Crippen molar-refractivity contribution in [2.75, 3.05) is 16.4 Å². The first-order valence-corrected chi connectivity index (χ1v) is 8.62. The Morgan fingerprint density at radius 3 is 2.53 bits per heavy atom. The molecule has 19 heavy (non-hydrogen) atoms. The van der Waals surface area contributed by atoms with Crippen molar-refractivity contribution >= 4 is 56.1 Å². The highest BCUT2D eigenvalue weighted by Crippen LogP contribution is 2.38. The molecule has 0 bridgehead atoms. The van der Waals surface area contributed by atoms with E-state index in [9.17, 15) is 8.42 Å². The number of benzene rings is 1. The number of rotatable bonds is 1. The predicted octanol–water partition coefficient (Wildman–Crippen LogP) is 1.85. The lowest BCUT2D eigenvalue weighted by molar-refractivity contribution is 0.600. The van der Waals surface area contributed by atoms with Gasteiger partial charge in [0, 0.05) is 0 Å². The van der Waals surface area contributed by atoms with Gasteiger partial charge in [0.05, 0.1) is 39.3 Å². The first-order valence-electron chi connectivity index (χ1n) is 5.63. The Hall–Kier alpha value is -0.560. The number of nitrogens with zero attached hydrogens (tertiary/aromatic N) is 1. The predicted molar refractivity (Wildman–Crippen MR) is 80.9 cm³/mol. The van der Waals surface area contributed by atoms with Gasteiger partial charge in [-0.1, -0.05) is 29.3 Å². The van der Waals surface area contributed by atoms with Gasteiger partial charge < -0.3 is 10.2 Å². The van der Waals surface area contributed by atoms with Crippen LogP contribution in [0, 0.1) is 0 Å². The van der Waals surface area contributed by atoms with E-state index in [1.54, 1.807) is 23.1 Å². The molecule has 0 saturated carbocycles. The Labute approximate surface area is 126 Å². The summed E-state index contributed by atoms with van der Waals surface area (Å²) in [4.78, 5) is 1.73. The maximum Gasteiger partial charge on any atom is 0.174 e. The Kier molecular flexibility index (Phi) is 3.16. The molecule has 0 unspecified atom stereocenters. The molecule has 2 saturated heterocycles. The van der Waals surface area contributed by atoms with Gasteiger partial charge in [-0.25, -0.2) is 8.42 Å². The van der Waals surface area contributed by atoms with Crippen molar-refractivity contribution < 1.29 is 8.42 Å². The van der Waals surface area contributed by atoms with Crippen LogP contribution in [0.3, 0.4) is 0 Å². The molecule has 0 radical (unpaired) electrons. The number of anilines is 1. The molecule has 3 rings (SSSR count). The Bertz CT molecular complexity index is 642. The molecule has 2 atom stereocenters. The van der Waals surface area contributed by atoms with Crippen LogP contribution in [-0.2, 0) is 9.84 Å². The van der Waals surface area contributed by atoms with E-state index in [-0.39, 0.29) is 23.6 Å². The van der Waals surface area contributed by atoms with Gasteiger partial charge >= 0.3 is 0 Å². The molecule has 8 heteroatoms. The number of halogens is 2. The van der Waals surface area contributed by atoms with E-state index in [0.29, 0.717) is 20.8 Å². The molecular weight excluding hydrogens is 327 g/mol. The van der Waals surface area contributed by atoms with E-state index in [2.05, 4.69) is 5.32 Å². The molecule has 0 aromatic heterocycles. The zero-order valence-electron chi connectivity index (χ0n) is 9.64. The maximum absolute atomic E-state index is 11.7. The van der Waals surface area contributed by atoms with Gasteiger partial charge in [0.15, 0.2) is 14.9 Å². The molecule has 2 aliphatic rings. The third kappa shape index (κ3) is 2.20. The molecule has 2 heterocycles. The Morgan fingerprint density at radius 2 is 1.89 bits per heavy atom. The molecule has 1 N–H and O–H groups in total. The average Bonchev–Trinajstić information content (AvgIpc) is 2.71. The molecule has 4 nitrogen and oxygen atoms in total. The molecule has 0 aliphatic carbocycles. The third-order valence-corrected chi connectivity index (χ3v) is 6.00. The Morgan fingerprint density at radius 1 is 1.26 bits per heavy atom. The summed E-state index contributed by atoms with van der Waals surface area (Å²) in [5, 5.41) is 4.43. The van der Waals surface area contributed by atoms with Crippen LogP contribution >= 0.6 is 35.4 Å². The minimum Gasteiger partial charge on any atom is -0.356 e. The number of nitrogens with one attached hydrogen (secondary N) is 1. The minimum absolute atomic E-state index is 0.0619. The van der Waals surface area contributed by atoms with Crippen molar-refractivity contribution in [1.82, 2.24) is 5.32 Å². The van der Waals surface area contributed by atoms with Crippen LogP contribution in [0.5, 0.6) is 0 Å². The van der Waals surface area contributed by atoms with Crippen LogP contribution in [0.1, 0.15) is 0 Å². The molecule has 2 aliphatic heterocycles. The summed E-state index contributed by atoms with van der Waals surface area (Å²) in [6.07, 6.45) is 0. The van der Waals surface area contributed by atoms with Gasteiger partial charge in [0.1, 0.15) is 0 Å². The number of sulfone groups is 1. The number of fused-ring (bicyclic) bond motifs is 1. The van der Waals surface area contributed by atoms with E-state index in [4.69, 9.17) is 35.4 Å². The van der Waals surface area contributed by atoms with Crippen molar-refractivity contribution in [3.8, 4) is 0 Å². The topological polar surface area (TPSA) is 49.4 Å². The quantitative estimate of drug-likeness (QED) is 0.793. The van der Waals surface area contributed by atoms with Crippen LogP contribution in [0.4, 0.5) is 5.69 Å². The van der Waals surface area contributed by atoms with Crippen molar-refractivity contribution in [1.29, 1.82) is 0 Å². The summed E-state index contributed by atoms with van der Waals surface area (Å²) < 4.78 is 23.4. The van der Waals surface area contributed by atoms with Crippen molar-refractivity contribution in [2.24, 2.45) is 0 Å². The molecule has 2 fully saturated rings. The highest BCUT2D eigenvalue weighted by Gasteiger charge is 2.48. The van der Waals surface area contributed by atoms with Crippen molar-refractivity contribution in [3.05, 3.63) is 28.2 Å². The summed E-state index contributed by atoms with van der Waals surface area (Å²) in [5.41, 5.74) is 0.577. The van der Waals surface area contributed by atoms with Crippen LogP contribution in [-0.4, -0.2) is 37.1 Å². The fraction of sp³-hybridized carbons (Fsp3) is 0.364. The van der Waals surface area contributed by atoms with Gasteiger partial charge in [-0.2, -0.15) is 0 Å². The lowest BCUT2D eigenvalue weighted by Crippen LogP contribution is -2.37. The molecule has 102 valence electrons. The van der Waals surface area contributed by atoms with Gasteiger partial charge in [-0.15, -0.1) is 0 Å². The average molecular weight is 337 g/mol. The number of para-hydroxylation sites is 1. The minimum atomic E-state index is -3.05. The fourth-order valence-corrected chi connectivity index (χ4v) is 5.43. The van der Waals surface area contributed by atoms with E-state index < -0.39 is 9.84 Å². The van der Waals surface area contributed by atoms with E-state index in [1.165, 1.54) is 0 Å². The number of hydrogen-bond acceptors (Lipinski definition) is 3. The first-order chi connectivity index (χ1) is 8.89. The lowest BCUT2D eigenvalue weighted by atomic mass is 10.1. The van der Waals surface area contributed by atoms with Gasteiger partial charge in [0.25, 0.3) is 0 Å². The number of hydrogen-bond donors (Lipinski definition) is 1. The summed E-state index contributed by atoms with van der Waals surface area (Å²) >= 11 is 17.6. The van der Waals surface area contributed by atoms with E-state index >= 15 is 0 Å². The van der Waals surface area contributed by atoms with Crippen LogP contribution in [0.15, 0.2) is 18.2 Å². The second-order valence-corrected chi connectivity index (χ2v) is 8.00. The Balaban J connectivity index is 2.07. The van der Waals surface area contributed by atoms with Crippen LogP contribution in [0.2, 0.25) is 10.0 Å².